The van der Waals surface area contributed by atoms with Crippen molar-refractivity contribution in [2.75, 3.05) is 13.1 Å². The van der Waals surface area contributed by atoms with E-state index in [2.05, 4.69) is 31.3 Å². The van der Waals surface area contributed by atoms with E-state index in [9.17, 15) is 0 Å². The lowest BCUT2D eigenvalue weighted by atomic mass is 10.0. The van der Waals surface area contributed by atoms with Crippen LogP contribution in [0.2, 0.25) is 0 Å². The molecule has 0 aromatic carbocycles. The summed E-state index contributed by atoms with van der Waals surface area (Å²) >= 11 is 0. The third-order valence-corrected chi connectivity index (χ3v) is 2.57. The second kappa shape index (κ2) is 4.43. The molecule has 1 aliphatic carbocycles. The molecule has 1 N–H and O–H groups in total. The summed E-state index contributed by atoms with van der Waals surface area (Å²) in [7, 11) is 0. The van der Waals surface area contributed by atoms with Gasteiger partial charge >= 0.3 is 0 Å². The van der Waals surface area contributed by atoms with Crippen molar-refractivity contribution in [3.05, 3.63) is 11.6 Å². The predicted octanol–water partition coefficient (Wildman–Crippen LogP) is 2.24. The van der Waals surface area contributed by atoms with Crippen LogP contribution in [0.15, 0.2) is 11.6 Å². The molecule has 72 valence electrons. The van der Waals surface area contributed by atoms with Gasteiger partial charge in [-0.2, -0.15) is 5.26 Å². The molecule has 0 saturated heterocycles. The maximum Gasteiger partial charge on any atom is 0.0628 e. The van der Waals surface area contributed by atoms with Crippen LogP contribution in [-0.4, -0.2) is 13.1 Å². The minimum Gasteiger partial charge on any atom is -0.313 e. The zero-order valence-corrected chi connectivity index (χ0v) is 8.56. The van der Waals surface area contributed by atoms with E-state index in [0.29, 0.717) is 5.41 Å². The first kappa shape index (κ1) is 10.3. The van der Waals surface area contributed by atoms with Crippen molar-refractivity contribution in [1.29, 1.82) is 5.26 Å². The highest BCUT2D eigenvalue weighted by atomic mass is 14.9. The Hall–Kier alpha value is -0.810. The number of nitriles is 1. The normalized spacial score (nSPS) is 17.6. The van der Waals surface area contributed by atoms with Crippen LogP contribution >= 0.6 is 0 Å². The van der Waals surface area contributed by atoms with E-state index in [-0.39, 0.29) is 0 Å². The molecule has 2 nitrogen and oxygen atoms in total. The van der Waals surface area contributed by atoms with Gasteiger partial charge in [0.15, 0.2) is 0 Å². The number of nitrogens with zero attached hydrogens (tertiary/aromatic N) is 1. The molecule has 0 bridgehead atoms. The largest absolute Gasteiger partial charge is 0.313 e. The molecule has 2 heteroatoms. The Morgan fingerprint density at radius 3 is 2.69 bits per heavy atom. The fourth-order valence-electron chi connectivity index (χ4n) is 1.37. The van der Waals surface area contributed by atoms with Gasteiger partial charge in [-0.25, -0.2) is 0 Å². The van der Waals surface area contributed by atoms with Gasteiger partial charge in [0.25, 0.3) is 0 Å². The first-order chi connectivity index (χ1) is 6.18. The summed E-state index contributed by atoms with van der Waals surface area (Å²) in [5.74, 6) is 0. The molecule has 0 unspecified atom stereocenters. The van der Waals surface area contributed by atoms with E-state index >= 15 is 0 Å². The Morgan fingerprint density at radius 2 is 2.23 bits per heavy atom. The molecule has 1 saturated carbocycles. The molecule has 0 aliphatic heterocycles. The van der Waals surface area contributed by atoms with Gasteiger partial charge < -0.3 is 5.32 Å². The second-order valence-corrected chi connectivity index (χ2v) is 4.25. The average Bonchev–Trinajstić information content (AvgIpc) is 2.80. The number of rotatable bonds is 5. The van der Waals surface area contributed by atoms with Gasteiger partial charge in [-0.15, -0.1) is 0 Å². The summed E-state index contributed by atoms with van der Waals surface area (Å²) in [6.45, 7) is 6.15. The van der Waals surface area contributed by atoms with Crippen molar-refractivity contribution >= 4 is 0 Å². The van der Waals surface area contributed by atoms with Gasteiger partial charge in [0.1, 0.15) is 0 Å². The highest BCUT2D eigenvalue weighted by Crippen LogP contribution is 2.47. The van der Waals surface area contributed by atoms with E-state index in [0.717, 1.165) is 19.5 Å². The van der Waals surface area contributed by atoms with E-state index in [1.165, 1.54) is 18.4 Å². The Balaban J connectivity index is 2.13. The molecular weight excluding hydrogens is 160 g/mol. The highest BCUT2D eigenvalue weighted by Gasteiger charge is 2.41. The number of hydrogen-bond acceptors (Lipinski definition) is 2. The molecular formula is C11H18N2. The van der Waals surface area contributed by atoms with E-state index < -0.39 is 0 Å². The molecule has 0 aromatic heterocycles. The van der Waals surface area contributed by atoms with Gasteiger partial charge in [-0.1, -0.05) is 11.6 Å². The lowest BCUT2D eigenvalue weighted by Crippen LogP contribution is -2.23. The van der Waals surface area contributed by atoms with Crippen LogP contribution in [0.1, 0.15) is 33.1 Å². The molecule has 0 heterocycles. The molecule has 0 radical (unpaired) electrons. The molecule has 0 atom stereocenters. The molecule has 0 amide bonds. The number of nitrogens with one attached hydrogen (secondary N) is 1. The fourth-order valence-corrected chi connectivity index (χ4v) is 1.37. The quantitative estimate of drug-likeness (QED) is 0.517. The molecule has 1 fully saturated rings. The standard InChI is InChI=1S/C11H18N2/c1-10(2)3-8-13-9-11(4-5-11)6-7-12/h3,13H,4-6,8-9H2,1-2H3. The van der Waals surface area contributed by atoms with Crippen LogP contribution in [0.3, 0.4) is 0 Å². The van der Waals surface area contributed by atoms with Crippen LogP contribution in [-0.2, 0) is 0 Å². The lowest BCUT2D eigenvalue weighted by molar-refractivity contribution is 0.481. The Labute approximate surface area is 80.6 Å². The minimum atomic E-state index is 0.338. The monoisotopic (exact) mass is 178 g/mol. The van der Waals surface area contributed by atoms with Crippen LogP contribution in [0.4, 0.5) is 0 Å². The van der Waals surface area contributed by atoms with Crippen LogP contribution in [0, 0.1) is 16.7 Å². The highest BCUT2D eigenvalue weighted by molar-refractivity contribution is 5.01. The first-order valence-electron chi connectivity index (χ1n) is 4.90. The van der Waals surface area contributed by atoms with Crippen molar-refractivity contribution in [2.24, 2.45) is 5.41 Å². The summed E-state index contributed by atoms with van der Waals surface area (Å²) < 4.78 is 0. The SMILES string of the molecule is CC(C)=CCNCC1(CC#N)CC1. The summed E-state index contributed by atoms with van der Waals surface area (Å²) in [6, 6.07) is 2.26. The third kappa shape index (κ3) is 3.61. The van der Waals surface area contributed by atoms with Gasteiger partial charge in [-0.3, -0.25) is 0 Å². The summed E-state index contributed by atoms with van der Waals surface area (Å²) in [6.07, 6.45) is 5.35. The smallest absolute Gasteiger partial charge is 0.0628 e. The summed E-state index contributed by atoms with van der Waals surface area (Å²) in [5.41, 5.74) is 1.68. The van der Waals surface area contributed by atoms with Crippen molar-refractivity contribution in [3.63, 3.8) is 0 Å². The number of hydrogen-bond donors (Lipinski definition) is 1. The summed E-state index contributed by atoms with van der Waals surface area (Å²) in [4.78, 5) is 0. The van der Waals surface area contributed by atoms with E-state index in [1.54, 1.807) is 0 Å². The van der Waals surface area contributed by atoms with E-state index in [1.807, 2.05) is 0 Å². The maximum absolute atomic E-state index is 8.60. The number of allylic oxidation sites excluding steroid dienone is 1. The Morgan fingerprint density at radius 1 is 1.54 bits per heavy atom. The maximum atomic E-state index is 8.60. The summed E-state index contributed by atoms with van der Waals surface area (Å²) in [5, 5.41) is 12.0. The molecule has 1 rings (SSSR count). The Bertz CT molecular complexity index is 227. The van der Waals surface area contributed by atoms with Crippen molar-refractivity contribution in [2.45, 2.75) is 33.1 Å². The van der Waals surface area contributed by atoms with Gasteiger partial charge in [0.2, 0.25) is 0 Å². The van der Waals surface area contributed by atoms with Crippen molar-refractivity contribution < 1.29 is 0 Å². The second-order valence-electron chi connectivity index (χ2n) is 4.25. The van der Waals surface area contributed by atoms with Crippen LogP contribution in [0.5, 0.6) is 0 Å². The van der Waals surface area contributed by atoms with Crippen molar-refractivity contribution in [1.82, 2.24) is 5.32 Å². The first-order valence-corrected chi connectivity index (χ1v) is 4.90. The third-order valence-electron chi connectivity index (χ3n) is 2.57. The van der Waals surface area contributed by atoms with Crippen molar-refractivity contribution in [3.8, 4) is 6.07 Å². The zero-order chi connectivity index (χ0) is 9.73. The van der Waals surface area contributed by atoms with Crippen LogP contribution < -0.4 is 5.32 Å². The minimum absolute atomic E-state index is 0.338. The van der Waals surface area contributed by atoms with Crippen LogP contribution in [0.25, 0.3) is 0 Å². The van der Waals surface area contributed by atoms with E-state index in [4.69, 9.17) is 5.26 Å². The molecule has 0 aromatic rings. The van der Waals surface area contributed by atoms with Gasteiger partial charge in [0.05, 0.1) is 6.07 Å². The van der Waals surface area contributed by atoms with Gasteiger partial charge in [-0.05, 0) is 32.1 Å². The topological polar surface area (TPSA) is 35.8 Å². The predicted molar refractivity (Wildman–Crippen MR) is 54.2 cm³/mol. The molecule has 13 heavy (non-hydrogen) atoms. The fraction of sp³-hybridized carbons (Fsp3) is 0.727. The Kier molecular flexibility index (Phi) is 3.50. The lowest BCUT2D eigenvalue weighted by Gasteiger charge is -2.10. The molecule has 0 spiro atoms. The van der Waals surface area contributed by atoms with Gasteiger partial charge in [0, 0.05) is 19.5 Å². The molecule has 1 aliphatic rings. The average molecular weight is 178 g/mol. The zero-order valence-electron chi connectivity index (χ0n) is 8.56.